The van der Waals surface area contributed by atoms with Crippen LogP contribution < -0.4 is 10.6 Å². The fourth-order valence-electron chi connectivity index (χ4n) is 1.40. The molecule has 0 atom stereocenters. The molecule has 2 amide bonds. The highest BCUT2D eigenvalue weighted by atomic mass is 35.5. The molecule has 1 heterocycles. The number of nitrogens with one attached hydrogen (secondary N) is 3. The van der Waals surface area contributed by atoms with Crippen molar-refractivity contribution in [2.75, 3.05) is 5.32 Å². The Labute approximate surface area is 110 Å². The molecule has 1 aromatic carbocycles. The van der Waals surface area contributed by atoms with E-state index in [1.807, 2.05) is 13.0 Å². The molecule has 6 heteroatoms. The molecule has 0 aliphatic heterocycles. The second-order valence-corrected chi connectivity index (χ2v) is 4.21. The number of anilines is 1. The highest BCUT2D eigenvalue weighted by molar-refractivity contribution is 6.31. The number of aryl methyl sites for hydroxylation is 1. The van der Waals surface area contributed by atoms with Gasteiger partial charge in [-0.05, 0) is 24.6 Å². The number of hydrogen-bond acceptors (Lipinski definition) is 2. The summed E-state index contributed by atoms with van der Waals surface area (Å²) in [6.45, 7) is 2.25. The summed E-state index contributed by atoms with van der Waals surface area (Å²) in [5.41, 5.74) is 1.63. The number of carbonyl (C=O) groups excluding carboxylic acids is 1. The number of H-pyrrole nitrogens is 1. The van der Waals surface area contributed by atoms with Gasteiger partial charge in [0.2, 0.25) is 0 Å². The van der Waals surface area contributed by atoms with Crippen LogP contribution in [0.15, 0.2) is 30.6 Å². The lowest BCUT2D eigenvalue weighted by molar-refractivity contribution is 0.251. The molecule has 0 spiro atoms. The van der Waals surface area contributed by atoms with Crippen LogP contribution in [0.3, 0.4) is 0 Å². The number of aromatic nitrogens is 2. The molecule has 0 saturated heterocycles. The maximum absolute atomic E-state index is 11.6. The van der Waals surface area contributed by atoms with Gasteiger partial charge in [-0.3, -0.25) is 0 Å². The molecule has 18 heavy (non-hydrogen) atoms. The third kappa shape index (κ3) is 3.24. The molecule has 0 saturated carbocycles. The van der Waals surface area contributed by atoms with E-state index in [2.05, 4.69) is 20.6 Å². The van der Waals surface area contributed by atoms with Crippen LogP contribution in [0.1, 0.15) is 11.4 Å². The van der Waals surface area contributed by atoms with Gasteiger partial charge < -0.3 is 15.6 Å². The normalized spacial score (nSPS) is 10.1. The van der Waals surface area contributed by atoms with Crippen molar-refractivity contribution < 1.29 is 4.79 Å². The Morgan fingerprint density at radius 1 is 1.50 bits per heavy atom. The summed E-state index contributed by atoms with van der Waals surface area (Å²) in [6.07, 6.45) is 3.34. The second kappa shape index (κ2) is 5.55. The largest absolute Gasteiger partial charge is 0.347 e. The van der Waals surface area contributed by atoms with Crippen molar-refractivity contribution in [1.82, 2.24) is 15.3 Å². The maximum atomic E-state index is 11.6. The number of nitrogens with zero attached hydrogens (tertiary/aromatic N) is 1. The van der Waals surface area contributed by atoms with E-state index < -0.39 is 0 Å². The topological polar surface area (TPSA) is 69.8 Å². The molecular formula is C12H13ClN4O. The molecule has 0 aliphatic carbocycles. The molecule has 3 N–H and O–H groups in total. The van der Waals surface area contributed by atoms with Crippen LogP contribution in [-0.4, -0.2) is 16.0 Å². The van der Waals surface area contributed by atoms with E-state index in [0.29, 0.717) is 23.1 Å². The van der Waals surface area contributed by atoms with Crippen LogP contribution in [0.25, 0.3) is 0 Å². The first-order valence-corrected chi connectivity index (χ1v) is 5.82. The van der Waals surface area contributed by atoms with Gasteiger partial charge in [0.1, 0.15) is 5.82 Å². The molecule has 0 bridgehead atoms. The van der Waals surface area contributed by atoms with Crippen molar-refractivity contribution in [3.63, 3.8) is 0 Å². The monoisotopic (exact) mass is 264 g/mol. The van der Waals surface area contributed by atoms with E-state index >= 15 is 0 Å². The summed E-state index contributed by atoms with van der Waals surface area (Å²) >= 11 is 5.97. The number of rotatable bonds is 3. The molecule has 0 unspecified atom stereocenters. The minimum Gasteiger partial charge on any atom is -0.347 e. The van der Waals surface area contributed by atoms with E-state index in [4.69, 9.17) is 11.6 Å². The Morgan fingerprint density at radius 2 is 2.33 bits per heavy atom. The average molecular weight is 265 g/mol. The van der Waals surface area contributed by atoms with Crippen LogP contribution in [0.5, 0.6) is 0 Å². The van der Waals surface area contributed by atoms with Crippen LogP contribution in [0.2, 0.25) is 5.02 Å². The highest BCUT2D eigenvalue weighted by Gasteiger charge is 2.04. The number of urea groups is 1. The van der Waals surface area contributed by atoms with Crippen molar-refractivity contribution in [3.05, 3.63) is 47.0 Å². The number of aromatic amines is 1. The Balaban J connectivity index is 1.88. The summed E-state index contributed by atoms with van der Waals surface area (Å²) in [5.74, 6) is 0.701. The van der Waals surface area contributed by atoms with Gasteiger partial charge in [-0.25, -0.2) is 9.78 Å². The fourth-order valence-corrected chi connectivity index (χ4v) is 1.59. The second-order valence-electron chi connectivity index (χ2n) is 3.81. The molecule has 2 aromatic rings. The lowest BCUT2D eigenvalue weighted by Crippen LogP contribution is -2.28. The minimum absolute atomic E-state index is 0.300. The standard InChI is InChI=1S/C12H13ClN4O/c1-8-2-3-9(6-10(8)13)17-12(18)16-7-11-14-4-5-15-11/h2-6H,7H2,1H3,(H,14,15)(H2,16,17,18). The zero-order chi connectivity index (χ0) is 13.0. The zero-order valence-electron chi connectivity index (χ0n) is 9.83. The van der Waals surface area contributed by atoms with Gasteiger partial charge in [0, 0.05) is 23.1 Å². The quantitative estimate of drug-likeness (QED) is 0.798. The van der Waals surface area contributed by atoms with Crippen molar-refractivity contribution >= 4 is 23.3 Å². The van der Waals surface area contributed by atoms with Gasteiger partial charge in [0.25, 0.3) is 0 Å². The molecule has 0 fully saturated rings. The van der Waals surface area contributed by atoms with Crippen LogP contribution in [0, 0.1) is 6.92 Å². The predicted molar refractivity (Wildman–Crippen MR) is 70.6 cm³/mol. The first kappa shape index (κ1) is 12.4. The summed E-state index contributed by atoms with van der Waals surface area (Å²) in [4.78, 5) is 18.5. The number of hydrogen-bond donors (Lipinski definition) is 3. The van der Waals surface area contributed by atoms with E-state index in [1.54, 1.807) is 24.5 Å². The molecular weight excluding hydrogens is 252 g/mol. The lowest BCUT2D eigenvalue weighted by Gasteiger charge is -2.07. The first-order valence-electron chi connectivity index (χ1n) is 5.44. The molecule has 0 aliphatic rings. The predicted octanol–water partition coefficient (Wildman–Crippen LogP) is 2.69. The Bertz CT molecular complexity index is 539. The van der Waals surface area contributed by atoms with Crippen LogP contribution in [-0.2, 0) is 6.54 Å². The van der Waals surface area contributed by atoms with Gasteiger partial charge in [-0.1, -0.05) is 17.7 Å². The summed E-state index contributed by atoms with van der Waals surface area (Å²) < 4.78 is 0. The van der Waals surface area contributed by atoms with Gasteiger partial charge >= 0.3 is 6.03 Å². The third-order valence-corrected chi connectivity index (χ3v) is 2.81. The Kier molecular flexibility index (Phi) is 3.84. The molecule has 5 nitrogen and oxygen atoms in total. The minimum atomic E-state index is -0.300. The van der Waals surface area contributed by atoms with E-state index in [9.17, 15) is 4.79 Å². The summed E-state index contributed by atoms with van der Waals surface area (Å²) in [6, 6.07) is 5.06. The van der Waals surface area contributed by atoms with Crippen LogP contribution in [0.4, 0.5) is 10.5 Å². The van der Waals surface area contributed by atoms with Gasteiger partial charge in [0.05, 0.1) is 6.54 Å². The average Bonchev–Trinajstić information content (AvgIpc) is 2.84. The van der Waals surface area contributed by atoms with E-state index in [-0.39, 0.29) is 6.03 Å². The van der Waals surface area contributed by atoms with Crippen molar-refractivity contribution in [2.45, 2.75) is 13.5 Å². The number of benzene rings is 1. The molecule has 1 aromatic heterocycles. The number of carbonyl (C=O) groups is 1. The Morgan fingerprint density at radius 3 is 3.00 bits per heavy atom. The third-order valence-electron chi connectivity index (χ3n) is 2.40. The maximum Gasteiger partial charge on any atom is 0.319 e. The van der Waals surface area contributed by atoms with E-state index in [0.717, 1.165) is 5.56 Å². The van der Waals surface area contributed by atoms with Crippen molar-refractivity contribution in [3.8, 4) is 0 Å². The molecule has 94 valence electrons. The molecule has 0 radical (unpaired) electrons. The smallest absolute Gasteiger partial charge is 0.319 e. The summed E-state index contributed by atoms with van der Waals surface area (Å²) in [7, 11) is 0. The van der Waals surface area contributed by atoms with Crippen LogP contribution >= 0.6 is 11.6 Å². The van der Waals surface area contributed by atoms with Crippen molar-refractivity contribution in [1.29, 1.82) is 0 Å². The van der Waals surface area contributed by atoms with Crippen molar-refractivity contribution in [2.24, 2.45) is 0 Å². The van der Waals surface area contributed by atoms with Gasteiger partial charge in [-0.15, -0.1) is 0 Å². The lowest BCUT2D eigenvalue weighted by atomic mass is 10.2. The SMILES string of the molecule is Cc1ccc(NC(=O)NCc2ncc[nH]2)cc1Cl. The Hall–Kier alpha value is -2.01. The highest BCUT2D eigenvalue weighted by Crippen LogP contribution is 2.19. The fraction of sp³-hybridized carbons (Fsp3) is 0.167. The zero-order valence-corrected chi connectivity index (χ0v) is 10.6. The first-order chi connectivity index (χ1) is 8.65. The number of imidazole rings is 1. The summed E-state index contributed by atoms with van der Waals surface area (Å²) in [5, 5.41) is 6.00. The molecule has 2 rings (SSSR count). The number of halogens is 1. The van der Waals surface area contributed by atoms with Gasteiger partial charge in [0.15, 0.2) is 0 Å². The number of amides is 2. The van der Waals surface area contributed by atoms with E-state index in [1.165, 1.54) is 0 Å². The van der Waals surface area contributed by atoms with Gasteiger partial charge in [-0.2, -0.15) is 0 Å².